The van der Waals surface area contributed by atoms with Gasteiger partial charge in [-0.25, -0.2) is 5.43 Å². The van der Waals surface area contributed by atoms with Gasteiger partial charge < -0.3 is 4.74 Å². The zero-order valence-electron chi connectivity index (χ0n) is 15.1. The van der Waals surface area contributed by atoms with E-state index in [0.29, 0.717) is 11.4 Å². The third kappa shape index (κ3) is 4.92. The van der Waals surface area contributed by atoms with Crippen LogP contribution in [-0.2, 0) is 0 Å². The van der Waals surface area contributed by atoms with Gasteiger partial charge in [-0.1, -0.05) is 36.4 Å². The highest BCUT2D eigenvalue weighted by Crippen LogP contribution is 2.21. The number of nitrogens with one attached hydrogen (secondary N) is 2. The lowest BCUT2D eigenvalue weighted by Gasteiger charge is -2.00. The molecule has 2 N–H and O–H groups in total. The van der Waals surface area contributed by atoms with Gasteiger partial charge in [0.1, 0.15) is 11.4 Å². The first-order valence-electron chi connectivity index (χ1n) is 8.42. The van der Waals surface area contributed by atoms with Gasteiger partial charge in [-0.2, -0.15) is 10.2 Å². The van der Waals surface area contributed by atoms with E-state index in [4.69, 9.17) is 4.74 Å². The van der Waals surface area contributed by atoms with E-state index in [0.717, 1.165) is 22.4 Å². The summed E-state index contributed by atoms with van der Waals surface area (Å²) in [6, 6.07) is 19.0. The molecule has 0 saturated carbocycles. The summed E-state index contributed by atoms with van der Waals surface area (Å²) < 4.78 is 5.14. The quantitative estimate of drug-likeness (QED) is 0.517. The van der Waals surface area contributed by atoms with Crippen LogP contribution in [0, 0.1) is 0 Å². The molecule has 3 aromatic rings. The number of H-pyrrole nitrogens is 1. The van der Waals surface area contributed by atoms with Gasteiger partial charge in [-0.05, 0) is 48.4 Å². The molecule has 6 heteroatoms. The second-order valence-corrected chi connectivity index (χ2v) is 5.89. The largest absolute Gasteiger partial charge is 0.497 e. The van der Waals surface area contributed by atoms with Crippen LogP contribution in [0.15, 0.2) is 71.3 Å². The van der Waals surface area contributed by atoms with Crippen molar-refractivity contribution < 1.29 is 9.53 Å². The average molecular weight is 360 g/mol. The summed E-state index contributed by atoms with van der Waals surface area (Å²) in [6.45, 7) is 1.92. The van der Waals surface area contributed by atoms with Crippen molar-refractivity contribution >= 4 is 18.2 Å². The minimum atomic E-state index is -0.356. The van der Waals surface area contributed by atoms with Gasteiger partial charge in [0.15, 0.2) is 0 Å². The van der Waals surface area contributed by atoms with E-state index in [-0.39, 0.29) is 5.91 Å². The molecule has 0 aliphatic carbocycles. The first kappa shape index (κ1) is 18.1. The van der Waals surface area contributed by atoms with Crippen LogP contribution in [-0.4, -0.2) is 29.4 Å². The summed E-state index contributed by atoms with van der Waals surface area (Å²) >= 11 is 0. The molecule has 0 atom stereocenters. The van der Waals surface area contributed by atoms with Gasteiger partial charge in [-0.15, -0.1) is 0 Å². The third-order valence-electron chi connectivity index (χ3n) is 3.84. The summed E-state index contributed by atoms with van der Waals surface area (Å²) in [5, 5.41) is 10.9. The predicted octanol–water partition coefficient (Wildman–Crippen LogP) is 3.90. The van der Waals surface area contributed by atoms with Gasteiger partial charge >= 0.3 is 0 Å². The summed E-state index contributed by atoms with van der Waals surface area (Å²) in [4.78, 5) is 12.2. The molecule has 0 saturated heterocycles. The van der Waals surface area contributed by atoms with E-state index < -0.39 is 0 Å². The minimum absolute atomic E-state index is 0.336. The van der Waals surface area contributed by atoms with Crippen LogP contribution >= 0.6 is 0 Å². The molecule has 3 rings (SSSR count). The molecule has 1 amide bonds. The number of aromatic nitrogens is 2. The zero-order valence-corrected chi connectivity index (χ0v) is 15.1. The number of carbonyl (C=O) groups excluding carboxylic acids is 1. The van der Waals surface area contributed by atoms with E-state index in [1.807, 2.05) is 67.6 Å². The molecular formula is C21H20N4O2. The Bertz CT molecular complexity index is 957. The highest BCUT2D eigenvalue weighted by Gasteiger charge is 2.10. The van der Waals surface area contributed by atoms with E-state index in [9.17, 15) is 4.79 Å². The molecule has 0 unspecified atom stereocenters. The fourth-order valence-corrected chi connectivity index (χ4v) is 2.45. The average Bonchev–Trinajstić information content (AvgIpc) is 3.19. The van der Waals surface area contributed by atoms with E-state index >= 15 is 0 Å². The standard InChI is InChI=1S/C21H20N4O2/c1-15(12-16-6-4-3-5-7-16)14-22-25-21(26)20-13-19(23-24-20)17-8-10-18(27-2)11-9-17/h3-14H,1-2H3,(H,23,24)(H,25,26). The highest BCUT2D eigenvalue weighted by atomic mass is 16.5. The lowest BCUT2D eigenvalue weighted by Crippen LogP contribution is -2.17. The van der Waals surface area contributed by atoms with Crippen molar-refractivity contribution in [3.8, 4) is 17.0 Å². The molecule has 0 fully saturated rings. The Morgan fingerprint density at radius 1 is 1.15 bits per heavy atom. The van der Waals surface area contributed by atoms with Crippen molar-refractivity contribution in [2.75, 3.05) is 7.11 Å². The van der Waals surface area contributed by atoms with Gasteiger partial charge in [0.25, 0.3) is 5.91 Å². The lowest BCUT2D eigenvalue weighted by molar-refractivity contribution is 0.0950. The Morgan fingerprint density at radius 3 is 2.59 bits per heavy atom. The number of benzene rings is 2. The van der Waals surface area contributed by atoms with E-state index in [2.05, 4.69) is 20.7 Å². The minimum Gasteiger partial charge on any atom is -0.497 e. The van der Waals surface area contributed by atoms with Crippen LogP contribution in [0.25, 0.3) is 17.3 Å². The number of amides is 1. The molecule has 0 aliphatic rings. The Hall–Kier alpha value is -3.67. The second-order valence-electron chi connectivity index (χ2n) is 5.89. The first-order chi connectivity index (χ1) is 13.2. The number of ether oxygens (including phenoxy) is 1. The molecule has 0 aliphatic heterocycles. The van der Waals surface area contributed by atoms with Crippen LogP contribution in [0.2, 0.25) is 0 Å². The van der Waals surface area contributed by atoms with Crippen LogP contribution in [0.1, 0.15) is 23.0 Å². The Kier molecular flexibility index (Phi) is 5.79. The molecule has 6 nitrogen and oxygen atoms in total. The molecule has 0 bridgehead atoms. The van der Waals surface area contributed by atoms with Gasteiger partial charge in [0.2, 0.25) is 0 Å². The van der Waals surface area contributed by atoms with Crippen LogP contribution < -0.4 is 10.2 Å². The van der Waals surface area contributed by atoms with Crippen LogP contribution in [0.3, 0.4) is 0 Å². The number of allylic oxidation sites excluding steroid dienone is 1. The normalized spacial score (nSPS) is 11.6. The maximum atomic E-state index is 12.2. The number of nitrogens with zero attached hydrogens (tertiary/aromatic N) is 2. The fourth-order valence-electron chi connectivity index (χ4n) is 2.45. The summed E-state index contributed by atoms with van der Waals surface area (Å²) in [7, 11) is 1.61. The van der Waals surface area contributed by atoms with Crippen molar-refractivity contribution in [2.45, 2.75) is 6.92 Å². The van der Waals surface area contributed by atoms with E-state index in [1.54, 1.807) is 19.4 Å². The maximum absolute atomic E-state index is 12.2. The van der Waals surface area contributed by atoms with Gasteiger partial charge in [-0.3, -0.25) is 9.89 Å². The molecule has 0 radical (unpaired) electrons. The maximum Gasteiger partial charge on any atom is 0.289 e. The first-order valence-corrected chi connectivity index (χ1v) is 8.42. The number of carbonyl (C=O) groups is 1. The van der Waals surface area contributed by atoms with Crippen LogP contribution in [0.5, 0.6) is 5.75 Å². The molecule has 27 heavy (non-hydrogen) atoms. The number of hydrogen-bond donors (Lipinski definition) is 2. The molecule has 1 heterocycles. The fraction of sp³-hybridized carbons (Fsp3) is 0.0952. The topological polar surface area (TPSA) is 79.4 Å². The third-order valence-corrected chi connectivity index (χ3v) is 3.84. The SMILES string of the molecule is COc1ccc(-c2cc(C(=O)NN=CC(C)=Cc3ccccc3)[nH]n2)cc1. The molecule has 0 spiro atoms. The molecular weight excluding hydrogens is 340 g/mol. The smallest absolute Gasteiger partial charge is 0.289 e. The number of rotatable bonds is 6. The van der Waals surface area contributed by atoms with Gasteiger partial charge in [0, 0.05) is 5.56 Å². The van der Waals surface area contributed by atoms with Crippen molar-refractivity contribution in [1.82, 2.24) is 15.6 Å². The lowest BCUT2D eigenvalue weighted by atomic mass is 10.1. The van der Waals surface area contributed by atoms with Crippen molar-refractivity contribution in [2.24, 2.45) is 5.10 Å². The van der Waals surface area contributed by atoms with Crippen LogP contribution in [0.4, 0.5) is 0 Å². The Morgan fingerprint density at radius 2 is 1.89 bits per heavy atom. The van der Waals surface area contributed by atoms with Crippen molar-refractivity contribution in [1.29, 1.82) is 0 Å². The number of methoxy groups -OCH3 is 1. The highest BCUT2D eigenvalue weighted by molar-refractivity contribution is 5.94. The summed E-state index contributed by atoms with van der Waals surface area (Å²) in [5.41, 5.74) is 6.39. The molecule has 136 valence electrons. The number of hydrazone groups is 1. The monoisotopic (exact) mass is 360 g/mol. The molecule has 2 aromatic carbocycles. The summed E-state index contributed by atoms with van der Waals surface area (Å²) in [5.74, 6) is 0.409. The predicted molar refractivity (Wildman–Crippen MR) is 107 cm³/mol. The van der Waals surface area contributed by atoms with Gasteiger partial charge in [0.05, 0.1) is 19.0 Å². The zero-order chi connectivity index (χ0) is 19.1. The van der Waals surface area contributed by atoms with Crippen molar-refractivity contribution in [3.05, 3.63) is 77.5 Å². The Balaban J connectivity index is 1.61. The molecule has 1 aromatic heterocycles. The number of hydrogen-bond acceptors (Lipinski definition) is 4. The number of aromatic amines is 1. The van der Waals surface area contributed by atoms with Crippen molar-refractivity contribution in [3.63, 3.8) is 0 Å². The van der Waals surface area contributed by atoms with E-state index in [1.165, 1.54) is 0 Å². The second kappa shape index (κ2) is 8.62. The Labute approximate surface area is 157 Å². The summed E-state index contributed by atoms with van der Waals surface area (Å²) in [6.07, 6.45) is 3.58.